The molecule has 0 aliphatic heterocycles. The number of hydrogen-bond donors (Lipinski definition) is 2. The highest BCUT2D eigenvalue weighted by Crippen LogP contribution is 2.31. The van der Waals surface area contributed by atoms with Crippen molar-refractivity contribution in [3.63, 3.8) is 0 Å². The molecule has 0 spiro atoms. The summed E-state index contributed by atoms with van der Waals surface area (Å²) in [5.74, 6) is -0.808. The smallest absolute Gasteiger partial charge is 0.261 e. The van der Waals surface area contributed by atoms with E-state index in [2.05, 4.69) is 4.98 Å². The summed E-state index contributed by atoms with van der Waals surface area (Å²) in [6, 6.07) is 14.3. The maximum absolute atomic E-state index is 12.5. The van der Waals surface area contributed by atoms with Crippen LogP contribution in [0.5, 0.6) is 0 Å². The highest BCUT2D eigenvalue weighted by molar-refractivity contribution is 6.42. The van der Waals surface area contributed by atoms with Gasteiger partial charge in [0.25, 0.3) is 11.5 Å². The zero-order valence-electron chi connectivity index (χ0n) is 13.3. The van der Waals surface area contributed by atoms with Gasteiger partial charge in [0.1, 0.15) is 5.56 Å². The predicted octanol–water partition coefficient (Wildman–Crippen LogP) is 4.42. The van der Waals surface area contributed by atoms with Gasteiger partial charge in [-0.25, -0.2) is 0 Å². The molecule has 3 aromatic rings. The van der Waals surface area contributed by atoms with E-state index in [1.54, 1.807) is 24.3 Å². The molecule has 1 amide bonds. The van der Waals surface area contributed by atoms with Gasteiger partial charge in [-0.1, -0.05) is 59.1 Å². The number of nitrogens with two attached hydrogens (primary N) is 1. The lowest BCUT2D eigenvalue weighted by Gasteiger charge is -2.11. The molecule has 0 bridgehead atoms. The Morgan fingerprint density at radius 3 is 2.20 bits per heavy atom. The SMILES string of the molecule is Cc1ccc(-c2cc(-c3ccc(Cl)c(Cl)c3)c(C(N)=O)c(=O)[nH]2)cc1. The van der Waals surface area contributed by atoms with Gasteiger partial charge in [0.2, 0.25) is 0 Å². The van der Waals surface area contributed by atoms with E-state index in [4.69, 9.17) is 28.9 Å². The van der Waals surface area contributed by atoms with Crippen LogP contribution in [0.3, 0.4) is 0 Å². The number of benzene rings is 2. The number of carbonyl (C=O) groups excluding carboxylic acids is 1. The molecule has 4 nitrogen and oxygen atoms in total. The molecule has 1 heterocycles. The molecule has 1 aromatic heterocycles. The molecular weight excluding hydrogens is 359 g/mol. The maximum Gasteiger partial charge on any atom is 0.261 e. The van der Waals surface area contributed by atoms with Crippen molar-refractivity contribution in [3.05, 3.63) is 80.1 Å². The van der Waals surface area contributed by atoms with E-state index >= 15 is 0 Å². The minimum absolute atomic E-state index is 0.116. The van der Waals surface area contributed by atoms with Crippen LogP contribution in [0.1, 0.15) is 15.9 Å². The van der Waals surface area contributed by atoms with Crippen molar-refractivity contribution in [3.8, 4) is 22.4 Å². The molecule has 0 aliphatic carbocycles. The number of H-pyrrole nitrogens is 1. The van der Waals surface area contributed by atoms with Crippen LogP contribution in [0, 0.1) is 6.92 Å². The molecule has 0 saturated heterocycles. The van der Waals surface area contributed by atoms with Crippen LogP contribution in [0.2, 0.25) is 10.0 Å². The molecule has 2 aromatic carbocycles. The number of hydrogen-bond acceptors (Lipinski definition) is 2. The fourth-order valence-corrected chi connectivity index (χ4v) is 2.88. The van der Waals surface area contributed by atoms with Gasteiger partial charge in [0.15, 0.2) is 0 Å². The first-order chi connectivity index (χ1) is 11.9. The van der Waals surface area contributed by atoms with Gasteiger partial charge in [0, 0.05) is 11.3 Å². The number of aromatic nitrogens is 1. The second-order valence-corrected chi connectivity index (χ2v) is 6.47. The van der Waals surface area contributed by atoms with Crippen LogP contribution in [0.4, 0.5) is 0 Å². The lowest BCUT2D eigenvalue weighted by molar-refractivity contribution is 0.0999. The number of halogens is 2. The van der Waals surface area contributed by atoms with E-state index in [1.165, 1.54) is 0 Å². The van der Waals surface area contributed by atoms with Gasteiger partial charge in [-0.05, 0) is 36.2 Å². The third-order valence-electron chi connectivity index (χ3n) is 3.87. The standard InChI is InChI=1S/C19H14Cl2N2O2/c1-10-2-4-11(5-3-10)16-9-13(17(18(22)24)19(25)23-16)12-6-7-14(20)15(21)8-12/h2-9H,1H3,(H2,22,24)(H,23,25). The highest BCUT2D eigenvalue weighted by Gasteiger charge is 2.17. The first-order valence-corrected chi connectivity index (χ1v) is 8.22. The van der Waals surface area contributed by atoms with E-state index in [9.17, 15) is 9.59 Å². The first-order valence-electron chi connectivity index (χ1n) is 7.46. The Morgan fingerprint density at radius 2 is 1.60 bits per heavy atom. The average Bonchev–Trinajstić information content (AvgIpc) is 2.57. The van der Waals surface area contributed by atoms with Gasteiger partial charge >= 0.3 is 0 Å². The van der Waals surface area contributed by atoms with Crippen LogP contribution in [0.15, 0.2) is 53.3 Å². The van der Waals surface area contributed by atoms with Gasteiger partial charge in [-0.2, -0.15) is 0 Å². The zero-order chi connectivity index (χ0) is 18.1. The molecular formula is C19H14Cl2N2O2. The quantitative estimate of drug-likeness (QED) is 0.713. The van der Waals surface area contributed by atoms with Crippen LogP contribution >= 0.6 is 23.2 Å². The Morgan fingerprint density at radius 1 is 0.960 bits per heavy atom. The Balaban J connectivity index is 2.27. The van der Waals surface area contributed by atoms with Crippen molar-refractivity contribution >= 4 is 29.1 Å². The summed E-state index contributed by atoms with van der Waals surface area (Å²) < 4.78 is 0. The molecule has 0 saturated carbocycles. The zero-order valence-corrected chi connectivity index (χ0v) is 14.8. The normalized spacial score (nSPS) is 10.7. The number of rotatable bonds is 3. The van der Waals surface area contributed by atoms with Crippen molar-refractivity contribution in [1.82, 2.24) is 4.98 Å². The second kappa shape index (κ2) is 6.75. The minimum Gasteiger partial charge on any atom is -0.365 e. The molecule has 25 heavy (non-hydrogen) atoms. The van der Waals surface area contributed by atoms with Crippen molar-refractivity contribution in [2.45, 2.75) is 6.92 Å². The number of carbonyl (C=O) groups is 1. The Bertz CT molecular complexity index is 1020. The molecule has 3 rings (SSSR count). The molecule has 3 N–H and O–H groups in total. The monoisotopic (exact) mass is 372 g/mol. The third-order valence-corrected chi connectivity index (χ3v) is 4.61. The van der Waals surface area contributed by atoms with Crippen molar-refractivity contribution < 1.29 is 4.79 Å². The van der Waals surface area contributed by atoms with Crippen molar-refractivity contribution in [2.75, 3.05) is 0 Å². The number of nitrogens with one attached hydrogen (secondary N) is 1. The maximum atomic E-state index is 12.5. The highest BCUT2D eigenvalue weighted by atomic mass is 35.5. The summed E-state index contributed by atoms with van der Waals surface area (Å²) in [6.45, 7) is 1.98. The summed E-state index contributed by atoms with van der Waals surface area (Å²) in [7, 11) is 0. The number of pyridine rings is 1. The van der Waals surface area contributed by atoms with E-state index < -0.39 is 11.5 Å². The molecule has 6 heteroatoms. The van der Waals surface area contributed by atoms with Gasteiger partial charge in [0.05, 0.1) is 10.0 Å². The largest absolute Gasteiger partial charge is 0.365 e. The summed E-state index contributed by atoms with van der Waals surface area (Å²) >= 11 is 12.0. The Kier molecular flexibility index (Phi) is 4.66. The lowest BCUT2D eigenvalue weighted by atomic mass is 9.98. The molecule has 0 atom stereocenters. The number of aryl methyl sites for hydroxylation is 1. The average molecular weight is 373 g/mol. The Labute approximate surface area is 154 Å². The fraction of sp³-hybridized carbons (Fsp3) is 0.0526. The van der Waals surface area contributed by atoms with Crippen LogP contribution in [-0.2, 0) is 0 Å². The van der Waals surface area contributed by atoms with Crippen LogP contribution in [0.25, 0.3) is 22.4 Å². The second-order valence-electron chi connectivity index (χ2n) is 5.66. The summed E-state index contributed by atoms with van der Waals surface area (Å²) in [6.07, 6.45) is 0. The Hall–Kier alpha value is -2.56. The minimum atomic E-state index is -0.808. The van der Waals surface area contributed by atoms with E-state index in [0.29, 0.717) is 26.9 Å². The molecule has 0 aliphatic rings. The van der Waals surface area contributed by atoms with Crippen molar-refractivity contribution in [2.24, 2.45) is 5.73 Å². The lowest BCUT2D eigenvalue weighted by Crippen LogP contribution is -2.25. The van der Waals surface area contributed by atoms with Crippen LogP contribution in [-0.4, -0.2) is 10.9 Å². The van der Waals surface area contributed by atoms with Gasteiger partial charge in [-0.15, -0.1) is 0 Å². The molecule has 0 fully saturated rings. The number of primary amides is 1. The van der Waals surface area contributed by atoms with Crippen molar-refractivity contribution in [1.29, 1.82) is 0 Å². The van der Waals surface area contributed by atoms with Gasteiger partial charge in [-0.3, -0.25) is 9.59 Å². The van der Waals surface area contributed by atoms with E-state index in [0.717, 1.165) is 11.1 Å². The predicted molar refractivity (Wildman–Crippen MR) is 101 cm³/mol. The summed E-state index contributed by atoms with van der Waals surface area (Å²) in [4.78, 5) is 27.0. The number of amides is 1. The first kappa shape index (κ1) is 17.3. The fourth-order valence-electron chi connectivity index (χ4n) is 2.58. The molecule has 126 valence electrons. The summed E-state index contributed by atoms with van der Waals surface area (Å²) in [5, 5.41) is 0.710. The molecule has 0 unspecified atom stereocenters. The van der Waals surface area contributed by atoms with Crippen LogP contribution < -0.4 is 11.3 Å². The number of aromatic amines is 1. The van der Waals surface area contributed by atoms with E-state index in [1.807, 2.05) is 31.2 Å². The van der Waals surface area contributed by atoms with Gasteiger partial charge < -0.3 is 10.7 Å². The third kappa shape index (κ3) is 3.45. The topological polar surface area (TPSA) is 76.0 Å². The molecule has 0 radical (unpaired) electrons. The summed E-state index contributed by atoms with van der Waals surface area (Å²) in [5.41, 5.74) is 8.24. The van der Waals surface area contributed by atoms with E-state index in [-0.39, 0.29) is 5.56 Å².